The molecule has 3 heterocycles. The van der Waals surface area contributed by atoms with Crippen LogP contribution in [0.4, 0.5) is 5.95 Å². The molecule has 4 N–H and O–H groups in total. The number of fused-ring (bicyclic) bond motifs is 2. The molecule has 74 valence electrons. The summed E-state index contributed by atoms with van der Waals surface area (Å²) in [6.07, 6.45) is 1.51. The van der Waals surface area contributed by atoms with Gasteiger partial charge in [-0.1, -0.05) is 0 Å². The van der Waals surface area contributed by atoms with E-state index < -0.39 is 0 Å². The van der Waals surface area contributed by atoms with Gasteiger partial charge in [0, 0.05) is 0 Å². The van der Waals surface area contributed by atoms with E-state index in [1.165, 1.54) is 6.33 Å². The number of aromatic amines is 2. The Morgan fingerprint density at radius 2 is 2.20 bits per heavy atom. The van der Waals surface area contributed by atoms with Crippen molar-refractivity contribution in [3.05, 3.63) is 22.7 Å². The van der Waals surface area contributed by atoms with Gasteiger partial charge < -0.3 is 10.7 Å². The van der Waals surface area contributed by atoms with Gasteiger partial charge >= 0.3 is 0 Å². The number of nitrogen functional groups attached to an aromatic ring is 1. The quantitative estimate of drug-likeness (QED) is 0.466. The maximum atomic E-state index is 11.5. The smallest absolute Gasteiger partial charge is 0.278 e. The fourth-order valence-electron chi connectivity index (χ4n) is 1.45. The van der Waals surface area contributed by atoms with Crippen molar-refractivity contribution in [2.24, 2.45) is 0 Å². The van der Waals surface area contributed by atoms with Gasteiger partial charge in [0.1, 0.15) is 5.52 Å². The maximum Gasteiger partial charge on any atom is 0.278 e. The average molecular weight is 202 g/mol. The van der Waals surface area contributed by atoms with E-state index in [0.29, 0.717) is 11.2 Å². The molecule has 0 aromatic carbocycles. The molecule has 0 radical (unpaired) electrons. The molecule has 0 aliphatic carbocycles. The number of nitrogens with one attached hydrogen (secondary N) is 2. The molecule has 0 saturated heterocycles. The lowest BCUT2D eigenvalue weighted by molar-refractivity contribution is 1.17. The summed E-state index contributed by atoms with van der Waals surface area (Å²) in [5, 5.41) is 0. The van der Waals surface area contributed by atoms with E-state index in [2.05, 4.69) is 24.9 Å². The number of hydrogen-bond donors (Lipinski definition) is 3. The second-order valence-electron chi connectivity index (χ2n) is 3.08. The van der Waals surface area contributed by atoms with E-state index in [1.54, 1.807) is 6.07 Å². The highest BCUT2D eigenvalue weighted by Crippen LogP contribution is 2.12. The highest BCUT2D eigenvalue weighted by Gasteiger charge is 2.06. The molecular weight excluding hydrogens is 196 g/mol. The molecule has 0 spiro atoms. The Hall–Kier alpha value is -2.44. The highest BCUT2D eigenvalue weighted by atomic mass is 16.1. The fraction of sp³-hybridized carbons (Fsp3) is 0. The zero-order valence-electron chi connectivity index (χ0n) is 7.48. The van der Waals surface area contributed by atoms with Crippen LogP contribution in [0.1, 0.15) is 0 Å². The summed E-state index contributed by atoms with van der Waals surface area (Å²) >= 11 is 0. The standard InChI is InChI=1S/C8H6N6O/c9-8-12-3-1-4-6(11-2-10-4)13-5(3)7(15)14-8/h1-2H,(H,10,11,13)(H3,9,12,14,15). The number of hydrogen-bond acceptors (Lipinski definition) is 5. The maximum absolute atomic E-state index is 11.5. The summed E-state index contributed by atoms with van der Waals surface area (Å²) in [6.45, 7) is 0. The van der Waals surface area contributed by atoms with Gasteiger partial charge in [-0.2, -0.15) is 0 Å². The molecule has 0 unspecified atom stereocenters. The SMILES string of the molecule is Nc1nc2cc3[nH]cnc3nc2c(=O)[nH]1. The van der Waals surface area contributed by atoms with Crippen LogP contribution in [0.3, 0.4) is 0 Å². The van der Waals surface area contributed by atoms with E-state index in [4.69, 9.17) is 5.73 Å². The van der Waals surface area contributed by atoms with Crippen molar-refractivity contribution in [1.29, 1.82) is 0 Å². The first-order chi connectivity index (χ1) is 7.24. The fourth-order valence-corrected chi connectivity index (χ4v) is 1.45. The number of anilines is 1. The van der Waals surface area contributed by atoms with Crippen LogP contribution < -0.4 is 11.3 Å². The monoisotopic (exact) mass is 202 g/mol. The summed E-state index contributed by atoms with van der Waals surface area (Å²) in [4.78, 5) is 28.8. The van der Waals surface area contributed by atoms with Crippen LogP contribution >= 0.6 is 0 Å². The van der Waals surface area contributed by atoms with Crippen molar-refractivity contribution in [3.63, 3.8) is 0 Å². The molecule has 0 aliphatic rings. The molecule has 3 aromatic rings. The van der Waals surface area contributed by atoms with Crippen molar-refractivity contribution in [3.8, 4) is 0 Å². The number of H-pyrrole nitrogens is 2. The minimum absolute atomic E-state index is 0.0770. The molecule has 7 nitrogen and oxygen atoms in total. The van der Waals surface area contributed by atoms with Crippen LogP contribution in [0.5, 0.6) is 0 Å². The summed E-state index contributed by atoms with van der Waals surface area (Å²) in [5.74, 6) is 0.0770. The molecule has 0 amide bonds. The minimum Gasteiger partial charge on any atom is -0.369 e. The van der Waals surface area contributed by atoms with Crippen LogP contribution in [0.15, 0.2) is 17.2 Å². The predicted molar refractivity (Wildman–Crippen MR) is 54.2 cm³/mol. The van der Waals surface area contributed by atoms with Gasteiger partial charge in [0.05, 0.1) is 11.8 Å². The van der Waals surface area contributed by atoms with Crippen molar-refractivity contribution >= 4 is 28.1 Å². The average Bonchev–Trinajstić information content (AvgIpc) is 2.61. The molecule has 0 fully saturated rings. The van der Waals surface area contributed by atoms with E-state index >= 15 is 0 Å². The Morgan fingerprint density at radius 1 is 1.33 bits per heavy atom. The molecule has 15 heavy (non-hydrogen) atoms. The molecule has 0 atom stereocenters. The Morgan fingerprint density at radius 3 is 3.07 bits per heavy atom. The Bertz CT molecular complexity index is 712. The Labute approximate surface area is 82.4 Å². The molecule has 0 aliphatic heterocycles. The molecular formula is C8H6N6O. The van der Waals surface area contributed by atoms with Crippen LogP contribution in [0.25, 0.3) is 22.2 Å². The summed E-state index contributed by atoms with van der Waals surface area (Å²) in [5.41, 5.74) is 6.96. The third-order valence-corrected chi connectivity index (χ3v) is 2.09. The van der Waals surface area contributed by atoms with Crippen LogP contribution in [-0.4, -0.2) is 24.9 Å². The lowest BCUT2D eigenvalue weighted by atomic mass is 10.3. The second kappa shape index (κ2) is 2.53. The second-order valence-corrected chi connectivity index (χ2v) is 3.08. The van der Waals surface area contributed by atoms with Gasteiger partial charge in [-0.25, -0.2) is 15.0 Å². The van der Waals surface area contributed by atoms with Gasteiger partial charge in [-0.05, 0) is 6.07 Å². The zero-order valence-corrected chi connectivity index (χ0v) is 7.48. The van der Waals surface area contributed by atoms with Crippen molar-refractivity contribution in [2.75, 3.05) is 5.73 Å². The summed E-state index contributed by atoms with van der Waals surface area (Å²) < 4.78 is 0. The van der Waals surface area contributed by atoms with Gasteiger partial charge in [-0.15, -0.1) is 0 Å². The lowest BCUT2D eigenvalue weighted by Gasteiger charge is -1.96. The van der Waals surface area contributed by atoms with Crippen molar-refractivity contribution in [2.45, 2.75) is 0 Å². The van der Waals surface area contributed by atoms with E-state index in [0.717, 1.165) is 5.52 Å². The largest absolute Gasteiger partial charge is 0.369 e. The molecule has 7 heteroatoms. The Kier molecular flexibility index (Phi) is 1.34. The highest BCUT2D eigenvalue weighted by molar-refractivity contribution is 5.86. The first-order valence-corrected chi connectivity index (χ1v) is 4.24. The normalized spacial score (nSPS) is 11.2. The first-order valence-electron chi connectivity index (χ1n) is 4.24. The number of rotatable bonds is 0. The predicted octanol–water partition coefficient (Wildman–Crippen LogP) is -0.223. The number of imidazole rings is 1. The van der Waals surface area contributed by atoms with Gasteiger partial charge in [0.15, 0.2) is 11.2 Å². The van der Waals surface area contributed by atoms with Crippen LogP contribution in [0, 0.1) is 0 Å². The number of aromatic nitrogens is 5. The van der Waals surface area contributed by atoms with Crippen molar-refractivity contribution in [1.82, 2.24) is 24.9 Å². The summed E-state index contributed by atoms with van der Waals surface area (Å²) in [6, 6.07) is 1.69. The number of nitrogens with zero attached hydrogens (tertiary/aromatic N) is 3. The third-order valence-electron chi connectivity index (χ3n) is 2.09. The van der Waals surface area contributed by atoms with E-state index in [1.807, 2.05) is 0 Å². The van der Waals surface area contributed by atoms with Crippen LogP contribution in [0.2, 0.25) is 0 Å². The topological polar surface area (TPSA) is 113 Å². The number of pyridine rings is 1. The van der Waals surface area contributed by atoms with Crippen molar-refractivity contribution < 1.29 is 0 Å². The molecule has 0 saturated carbocycles. The minimum atomic E-state index is -0.359. The first kappa shape index (κ1) is 7.92. The van der Waals surface area contributed by atoms with Gasteiger partial charge in [0.2, 0.25) is 5.95 Å². The Balaban J connectivity index is 2.59. The van der Waals surface area contributed by atoms with E-state index in [-0.39, 0.29) is 17.0 Å². The molecule has 0 bridgehead atoms. The van der Waals surface area contributed by atoms with Gasteiger partial charge in [-0.3, -0.25) is 9.78 Å². The zero-order chi connectivity index (χ0) is 10.4. The van der Waals surface area contributed by atoms with E-state index in [9.17, 15) is 4.79 Å². The number of nitrogens with two attached hydrogens (primary N) is 1. The van der Waals surface area contributed by atoms with Crippen LogP contribution in [-0.2, 0) is 0 Å². The van der Waals surface area contributed by atoms with Gasteiger partial charge in [0.25, 0.3) is 5.56 Å². The molecule has 3 rings (SSSR count). The third kappa shape index (κ3) is 1.06. The summed E-state index contributed by atoms with van der Waals surface area (Å²) in [7, 11) is 0. The lowest BCUT2D eigenvalue weighted by Crippen LogP contribution is -2.12. The molecule has 3 aromatic heterocycles.